The number of nitrogens with one attached hydrogen (secondary N) is 1. The van der Waals surface area contributed by atoms with Crippen LogP contribution in [0, 0.1) is 0 Å². The van der Waals surface area contributed by atoms with Crippen LogP contribution >= 0.6 is 11.8 Å². The minimum absolute atomic E-state index is 0.0564. The second-order valence-electron chi connectivity index (χ2n) is 5.66. The Labute approximate surface area is 114 Å². The number of sulfone groups is 1. The van der Waals surface area contributed by atoms with Crippen molar-refractivity contribution in [2.45, 2.75) is 51.1 Å². The Morgan fingerprint density at radius 1 is 1.39 bits per heavy atom. The highest BCUT2D eigenvalue weighted by molar-refractivity contribution is 8.14. The third kappa shape index (κ3) is 2.85. The van der Waals surface area contributed by atoms with Crippen LogP contribution in [0.25, 0.3) is 0 Å². The van der Waals surface area contributed by atoms with Gasteiger partial charge in [0.1, 0.15) is 0 Å². The summed E-state index contributed by atoms with van der Waals surface area (Å²) in [7, 11) is -2.86. The van der Waals surface area contributed by atoms with E-state index in [2.05, 4.69) is 19.2 Å². The highest BCUT2D eigenvalue weighted by Crippen LogP contribution is 2.34. The molecule has 1 atom stereocenters. The van der Waals surface area contributed by atoms with Crippen molar-refractivity contribution in [1.29, 1.82) is 0 Å². The van der Waals surface area contributed by atoms with Gasteiger partial charge in [-0.3, -0.25) is 4.99 Å². The van der Waals surface area contributed by atoms with Gasteiger partial charge < -0.3 is 5.32 Å². The lowest BCUT2D eigenvalue weighted by molar-refractivity contribution is 0.445. The third-order valence-electron chi connectivity index (χ3n) is 4.04. The topological polar surface area (TPSA) is 58.5 Å². The van der Waals surface area contributed by atoms with Crippen molar-refractivity contribution in [3.05, 3.63) is 0 Å². The predicted molar refractivity (Wildman–Crippen MR) is 78.0 cm³/mol. The molecule has 1 saturated heterocycles. The summed E-state index contributed by atoms with van der Waals surface area (Å²) >= 11 is 1.73. The Bertz CT molecular complexity index is 455. The Balaban J connectivity index is 2.08. The van der Waals surface area contributed by atoms with Crippen molar-refractivity contribution < 1.29 is 8.42 Å². The maximum atomic E-state index is 11.6. The van der Waals surface area contributed by atoms with Crippen LogP contribution in [0.4, 0.5) is 0 Å². The Hall–Kier alpha value is -0.230. The average Bonchev–Trinajstić information content (AvgIpc) is 2.81. The van der Waals surface area contributed by atoms with E-state index >= 15 is 0 Å². The van der Waals surface area contributed by atoms with Crippen molar-refractivity contribution in [3.8, 4) is 0 Å². The van der Waals surface area contributed by atoms with E-state index in [0.717, 1.165) is 23.8 Å². The summed E-state index contributed by atoms with van der Waals surface area (Å²) in [6, 6.07) is 0. The first kappa shape index (κ1) is 14.2. The van der Waals surface area contributed by atoms with Gasteiger partial charge in [-0.1, -0.05) is 25.6 Å². The van der Waals surface area contributed by atoms with Gasteiger partial charge in [0.25, 0.3) is 0 Å². The Morgan fingerprint density at radius 3 is 2.50 bits per heavy atom. The van der Waals surface area contributed by atoms with Crippen molar-refractivity contribution in [3.63, 3.8) is 0 Å². The van der Waals surface area contributed by atoms with Crippen LogP contribution in [0.5, 0.6) is 0 Å². The van der Waals surface area contributed by atoms with Gasteiger partial charge in [0, 0.05) is 5.75 Å². The smallest absolute Gasteiger partial charge is 0.157 e. The molecule has 2 aliphatic rings. The minimum Gasteiger partial charge on any atom is -0.359 e. The van der Waals surface area contributed by atoms with E-state index in [1.807, 2.05) is 6.92 Å². The van der Waals surface area contributed by atoms with Crippen LogP contribution in [-0.4, -0.2) is 41.9 Å². The molecule has 0 aromatic carbocycles. The van der Waals surface area contributed by atoms with Crippen molar-refractivity contribution in [2.24, 2.45) is 4.99 Å². The zero-order valence-electron chi connectivity index (χ0n) is 11.3. The summed E-state index contributed by atoms with van der Waals surface area (Å²) in [5, 5.41) is 4.30. The van der Waals surface area contributed by atoms with E-state index in [0.29, 0.717) is 12.2 Å². The first-order chi connectivity index (χ1) is 8.32. The number of hydrogen-bond acceptors (Lipinski definition) is 5. The van der Waals surface area contributed by atoms with Crippen LogP contribution in [0.2, 0.25) is 0 Å². The van der Waals surface area contributed by atoms with Gasteiger partial charge in [0.2, 0.25) is 0 Å². The molecule has 0 saturated carbocycles. The molecular formula is C12H22N2O2S2. The molecule has 0 aromatic rings. The van der Waals surface area contributed by atoms with Crippen LogP contribution in [0.3, 0.4) is 0 Å². The molecule has 2 heterocycles. The van der Waals surface area contributed by atoms with E-state index in [1.54, 1.807) is 11.8 Å². The second kappa shape index (κ2) is 4.71. The van der Waals surface area contributed by atoms with Gasteiger partial charge in [-0.25, -0.2) is 8.42 Å². The van der Waals surface area contributed by atoms with Gasteiger partial charge in [0.15, 0.2) is 15.0 Å². The van der Waals surface area contributed by atoms with Gasteiger partial charge in [-0.15, -0.1) is 0 Å². The molecule has 18 heavy (non-hydrogen) atoms. The Kier molecular flexibility index (Phi) is 3.71. The van der Waals surface area contributed by atoms with Crippen LogP contribution in [0.1, 0.15) is 40.0 Å². The van der Waals surface area contributed by atoms with Gasteiger partial charge in [0.05, 0.1) is 22.6 Å². The Morgan fingerprint density at radius 2 is 2.06 bits per heavy atom. The molecule has 6 heteroatoms. The lowest BCUT2D eigenvalue weighted by Crippen LogP contribution is -2.45. The number of amidine groups is 1. The largest absolute Gasteiger partial charge is 0.359 e. The highest BCUT2D eigenvalue weighted by Gasteiger charge is 2.41. The molecule has 2 rings (SSSR count). The van der Waals surface area contributed by atoms with Crippen molar-refractivity contribution >= 4 is 26.8 Å². The quantitative estimate of drug-likeness (QED) is 0.861. The fourth-order valence-electron chi connectivity index (χ4n) is 2.53. The lowest BCUT2D eigenvalue weighted by Gasteiger charge is -2.25. The number of hydrogen-bond donors (Lipinski definition) is 1. The predicted octanol–water partition coefficient (Wildman–Crippen LogP) is 1.81. The highest BCUT2D eigenvalue weighted by atomic mass is 32.2. The summed E-state index contributed by atoms with van der Waals surface area (Å²) in [5.74, 6) is 1.52. The van der Waals surface area contributed by atoms with E-state index in [4.69, 9.17) is 4.99 Å². The van der Waals surface area contributed by atoms with Crippen molar-refractivity contribution in [2.75, 3.05) is 17.3 Å². The molecule has 0 bridgehead atoms. The lowest BCUT2D eigenvalue weighted by atomic mass is 9.96. The number of nitrogens with zero attached hydrogens (tertiary/aromatic N) is 1. The van der Waals surface area contributed by atoms with E-state index in [9.17, 15) is 8.42 Å². The first-order valence-corrected chi connectivity index (χ1v) is 9.34. The number of aliphatic imine (C=N–C) groups is 1. The maximum Gasteiger partial charge on any atom is 0.157 e. The fourth-order valence-corrected chi connectivity index (χ4v) is 6.07. The van der Waals surface area contributed by atoms with Crippen LogP contribution in [0.15, 0.2) is 4.99 Å². The molecule has 104 valence electrons. The summed E-state index contributed by atoms with van der Waals surface area (Å²) in [5.41, 5.74) is -0.275. The van der Waals surface area contributed by atoms with Crippen LogP contribution < -0.4 is 5.32 Å². The molecular weight excluding hydrogens is 268 g/mol. The molecule has 2 aliphatic heterocycles. The van der Waals surface area contributed by atoms with Gasteiger partial charge >= 0.3 is 0 Å². The van der Waals surface area contributed by atoms with E-state index < -0.39 is 9.84 Å². The second-order valence-corrected chi connectivity index (χ2v) is 8.81. The molecule has 0 radical (unpaired) electrons. The molecule has 4 nitrogen and oxygen atoms in total. The molecule has 1 unspecified atom stereocenters. The summed E-state index contributed by atoms with van der Waals surface area (Å²) in [4.78, 5) is 4.79. The molecule has 0 aliphatic carbocycles. The third-order valence-corrected chi connectivity index (χ3v) is 7.10. The summed E-state index contributed by atoms with van der Waals surface area (Å²) in [6.45, 7) is 6.31. The van der Waals surface area contributed by atoms with Crippen molar-refractivity contribution in [1.82, 2.24) is 5.32 Å². The monoisotopic (exact) mass is 290 g/mol. The first-order valence-electron chi connectivity index (χ1n) is 6.53. The summed E-state index contributed by atoms with van der Waals surface area (Å²) < 4.78 is 23.1. The molecule has 1 N–H and O–H groups in total. The van der Waals surface area contributed by atoms with E-state index in [-0.39, 0.29) is 16.8 Å². The van der Waals surface area contributed by atoms with Gasteiger partial charge in [-0.05, 0) is 26.2 Å². The molecule has 0 amide bonds. The van der Waals surface area contributed by atoms with Crippen LogP contribution in [-0.2, 0) is 9.84 Å². The standard InChI is InChI=1S/C12H22N2O2S2/c1-4-12(5-2)8-17-10(14-12)13-11(3)6-7-18(15,16)9-11/h4-9H2,1-3H3,(H,13,14). The number of thioether (sulfide) groups is 1. The SMILES string of the molecule is CCC1(CC)CSC(NC2(C)CCS(=O)(=O)C2)=N1. The summed E-state index contributed by atoms with van der Waals surface area (Å²) in [6.07, 6.45) is 2.76. The number of rotatable bonds is 3. The fraction of sp³-hybridized carbons (Fsp3) is 0.917. The van der Waals surface area contributed by atoms with Gasteiger partial charge in [-0.2, -0.15) is 0 Å². The molecule has 0 spiro atoms. The molecule has 0 aromatic heterocycles. The average molecular weight is 290 g/mol. The zero-order chi connectivity index (χ0) is 13.4. The normalized spacial score (nSPS) is 33.4. The molecule has 1 fully saturated rings. The zero-order valence-corrected chi connectivity index (χ0v) is 13.0. The maximum absolute atomic E-state index is 11.6. The minimum atomic E-state index is -2.86. The van der Waals surface area contributed by atoms with E-state index in [1.165, 1.54) is 0 Å².